The smallest absolute Gasteiger partial charge is 0.307 e. The number of halogens is 1. The number of carboxylic acid groups (broad SMARTS) is 1. The molecule has 2 unspecified atom stereocenters. The summed E-state index contributed by atoms with van der Waals surface area (Å²) < 4.78 is 0.940. The molecule has 0 radical (unpaired) electrons. The first-order valence-corrected chi connectivity index (χ1v) is 7.17. The summed E-state index contributed by atoms with van der Waals surface area (Å²) in [6.45, 7) is 4.20. The van der Waals surface area contributed by atoms with Crippen molar-refractivity contribution in [1.82, 2.24) is 4.90 Å². The third-order valence-electron chi connectivity index (χ3n) is 3.51. The Morgan fingerprint density at radius 3 is 2.89 bits per heavy atom. The largest absolute Gasteiger partial charge is 0.508 e. The fourth-order valence-corrected chi connectivity index (χ4v) is 3.06. The van der Waals surface area contributed by atoms with Crippen molar-refractivity contribution < 1.29 is 15.0 Å². The number of hydrogen-bond donors (Lipinski definition) is 2. The van der Waals surface area contributed by atoms with Gasteiger partial charge in [0.05, 0.1) is 5.92 Å². The lowest BCUT2D eigenvalue weighted by Crippen LogP contribution is -2.42. The van der Waals surface area contributed by atoms with Gasteiger partial charge in [-0.2, -0.15) is 0 Å². The standard InChI is InChI=1S/C14H18BrNO3/c1-9-4-11(14(18)19)8-16(6-9)7-10-5-12(17)2-3-13(10)15/h2-3,5,9,11,17H,4,6-8H2,1H3,(H,18,19). The van der Waals surface area contributed by atoms with Crippen LogP contribution in [0.3, 0.4) is 0 Å². The Labute approximate surface area is 121 Å². The highest BCUT2D eigenvalue weighted by Crippen LogP contribution is 2.27. The van der Waals surface area contributed by atoms with E-state index in [0.717, 1.165) is 23.0 Å². The number of carboxylic acids is 1. The fraction of sp³-hybridized carbons (Fsp3) is 0.500. The average Bonchev–Trinajstić information content (AvgIpc) is 2.33. The van der Waals surface area contributed by atoms with Gasteiger partial charge in [-0.25, -0.2) is 0 Å². The molecule has 1 saturated heterocycles. The summed E-state index contributed by atoms with van der Waals surface area (Å²) >= 11 is 3.46. The lowest BCUT2D eigenvalue weighted by molar-refractivity contribution is -0.144. The molecular weight excluding hydrogens is 310 g/mol. The zero-order chi connectivity index (χ0) is 14.0. The molecule has 1 aliphatic heterocycles. The lowest BCUT2D eigenvalue weighted by Gasteiger charge is -2.34. The van der Waals surface area contributed by atoms with E-state index >= 15 is 0 Å². The second-order valence-corrected chi connectivity index (χ2v) is 6.20. The van der Waals surface area contributed by atoms with Crippen LogP contribution in [0.1, 0.15) is 18.9 Å². The summed E-state index contributed by atoms with van der Waals surface area (Å²) in [4.78, 5) is 13.3. The summed E-state index contributed by atoms with van der Waals surface area (Å²) in [7, 11) is 0. The van der Waals surface area contributed by atoms with Gasteiger partial charge in [0.2, 0.25) is 0 Å². The third kappa shape index (κ3) is 3.70. The quantitative estimate of drug-likeness (QED) is 0.896. The molecule has 2 atom stereocenters. The van der Waals surface area contributed by atoms with Gasteiger partial charge in [0.1, 0.15) is 5.75 Å². The SMILES string of the molecule is CC1CC(C(=O)O)CN(Cc2cc(O)ccc2Br)C1. The molecule has 1 heterocycles. The van der Waals surface area contributed by atoms with E-state index in [2.05, 4.69) is 27.8 Å². The molecule has 0 saturated carbocycles. The highest BCUT2D eigenvalue weighted by molar-refractivity contribution is 9.10. The van der Waals surface area contributed by atoms with Crippen molar-refractivity contribution in [2.75, 3.05) is 13.1 Å². The Hall–Kier alpha value is -1.07. The van der Waals surface area contributed by atoms with Crippen molar-refractivity contribution >= 4 is 21.9 Å². The van der Waals surface area contributed by atoms with Gasteiger partial charge >= 0.3 is 5.97 Å². The molecule has 5 heteroatoms. The van der Waals surface area contributed by atoms with Crippen LogP contribution in [0.15, 0.2) is 22.7 Å². The number of phenolic OH excluding ortho intramolecular Hbond substituents is 1. The summed E-state index contributed by atoms with van der Waals surface area (Å²) in [5, 5.41) is 18.7. The molecule has 1 aromatic rings. The zero-order valence-electron chi connectivity index (χ0n) is 10.8. The van der Waals surface area contributed by atoms with Gasteiger partial charge < -0.3 is 10.2 Å². The Bertz CT molecular complexity index is 478. The summed E-state index contributed by atoms with van der Waals surface area (Å²) in [6, 6.07) is 5.16. The van der Waals surface area contributed by atoms with Crippen LogP contribution in [0.5, 0.6) is 5.75 Å². The first kappa shape index (κ1) is 14.3. The van der Waals surface area contributed by atoms with Crippen molar-refractivity contribution in [2.45, 2.75) is 19.9 Å². The average molecular weight is 328 g/mol. The van der Waals surface area contributed by atoms with Crippen molar-refractivity contribution in [3.05, 3.63) is 28.2 Å². The summed E-state index contributed by atoms with van der Waals surface area (Å²) in [5.41, 5.74) is 0.984. The van der Waals surface area contributed by atoms with E-state index < -0.39 is 5.97 Å². The van der Waals surface area contributed by atoms with Gasteiger partial charge in [0, 0.05) is 24.1 Å². The van der Waals surface area contributed by atoms with Crippen LogP contribution in [-0.4, -0.2) is 34.2 Å². The van der Waals surface area contributed by atoms with Crippen molar-refractivity contribution in [1.29, 1.82) is 0 Å². The number of rotatable bonds is 3. The molecule has 0 aliphatic carbocycles. The Morgan fingerprint density at radius 2 is 2.21 bits per heavy atom. The van der Waals surface area contributed by atoms with E-state index in [1.165, 1.54) is 0 Å². The van der Waals surface area contributed by atoms with Gasteiger partial charge in [-0.05, 0) is 36.1 Å². The summed E-state index contributed by atoms with van der Waals surface area (Å²) in [6.07, 6.45) is 0.743. The molecule has 104 valence electrons. The first-order chi connectivity index (χ1) is 8.95. The van der Waals surface area contributed by atoms with E-state index in [4.69, 9.17) is 5.11 Å². The Morgan fingerprint density at radius 1 is 1.47 bits per heavy atom. The van der Waals surface area contributed by atoms with Crippen LogP contribution >= 0.6 is 15.9 Å². The molecule has 2 rings (SSSR count). The lowest BCUT2D eigenvalue weighted by atomic mass is 9.90. The normalized spacial score (nSPS) is 24.3. The highest BCUT2D eigenvalue weighted by Gasteiger charge is 2.29. The van der Waals surface area contributed by atoms with Crippen LogP contribution < -0.4 is 0 Å². The predicted molar refractivity (Wildman–Crippen MR) is 76.0 cm³/mol. The number of nitrogens with zero attached hydrogens (tertiary/aromatic N) is 1. The minimum absolute atomic E-state index is 0.234. The van der Waals surface area contributed by atoms with Crippen LogP contribution in [0, 0.1) is 11.8 Å². The van der Waals surface area contributed by atoms with Crippen molar-refractivity contribution in [3.8, 4) is 5.75 Å². The monoisotopic (exact) mass is 327 g/mol. The van der Waals surface area contributed by atoms with E-state index in [0.29, 0.717) is 19.0 Å². The number of piperidine rings is 1. The van der Waals surface area contributed by atoms with Crippen LogP contribution in [0.25, 0.3) is 0 Å². The topological polar surface area (TPSA) is 60.8 Å². The molecule has 0 aromatic heterocycles. The summed E-state index contributed by atoms with van der Waals surface area (Å²) in [5.74, 6) is -0.393. The zero-order valence-corrected chi connectivity index (χ0v) is 12.4. The minimum Gasteiger partial charge on any atom is -0.508 e. The number of hydrogen-bond acceptors (Lipinski definition) is 3. The maximum absolute atomic E-state index is 11.1. The Kier molecular flexibility index (Phi) is 4.47. The van der Waals surface area contributed by atoms with Gasteiger partial charge in [-0.3, -0.25) is 9.69 Å². The maximum Gasteiger partial charge on any atom is 0.307 e. The van der Waals surface area contributed by atoms with Gasteiger partial charge in [0.15, 0.2) is 0 Å². The van der Waals surface area contributed by atoms with Gasteiger partial charge in [0.25, 0.3) is 0 Å². The van der Waals surface area contributed by atoms with Crippen molar-refractivity contribution in [2.24, 2.45) is 11.8 Å². The number of aliphatic carboxylic acids is 1. The number of aromatic hydroxyl groups is 1. The van der Waals surface area contributed by atoms with E-state index in [1.807, 2.05) is 6.07 Å². The first-order valence-electron chi connectivity index (χ1n) is 6.38. The third-order valence-corrected chi connectivity index (χ3v) is 4.28. The van der Waals surface area contributed by atoms with E-state index in [1.54, 1.807) is 12.1 Å². The number of benzene rings is 1. The molecule has 0 amide bonds. The van der Waals surface area contributed by atoms with Crippen LogP contribution in [0.2, 0.25) is 0 Å². The molecule has 19 heavy (non-hydrogen) atoms. The molecule has 0 spiro atoms. The second-order valence-electron chi connectivity index (χ2n) is 5.35. The minimum atomic E-state index is -0.716. The van der Waals surface area contributed by atoms with Crippen LogP contribution in [-0.2, 0) is 11.3 Å². The molecular formula is C14H18BrNO3. The second kappa shape index (κ2) is 5.92. The van der Waals surface area contributed by atoms with E-state index in [9.17, 15) is 9.90 Å². The van der Waals surface area contributed by atoms with Gasteiger partial charge in [-0.15, -0.1) is 0 Å². The molecule has 1 fully saturated rings. The number of phenols is 1. The molecule has 4 nitrogen and oxygen atoms in total. The molecule has 0 bridgehead atoms. The van der Waals surface area contributed by atoms with Crippen molar-refractivity contribution in [3.63, 3.8) is 0 Å². The molecule has 2 N–H and O–H groups in total. The number of carbonyl (C=O) groups is 1. The highest BCUT2D eigenvalue weighted by atomic mass is 79.9. The fourth-order valence-electron chi connectivity index (χ4n) is 2.69. The molecule has 1 aromatic carbocycles. The molecule has 1 aliphatic rings. The Balaban J connectivity index is 2.09. The maximum atomic E-state index is 11.1. The predicted octanol–water partition coefficient (Wildman–Crippen LogP) is 2.70. The van der Waals surface area contributed by atoms with E-state index in [-0.39, 0.29) is 11.7 Å². The van der Waals surface area contributed by atoms with Crippen LogP contribution in [0.4, 0.5) is 0 Å². The number of likely N-dealkylation sites (tertiary alicyclic amines) is 1. The van der Waals surface area contributed by atoms with Gasteiger partial charge in [-0.1, -0.05) is 22.9 Å².